The van der Waals surface area contributed by atoms with Gasteiger partial charge in [-0.1, -0.05) is 0 Å². The molecule has 0 aliphatic carbocycles. The van der Waals surface area contributed by atoms with E-state index in [1.54, 1.807) is 0 Å². The van der Waals surface area contributed by atoms with Crippen LogP contribution in [0.25, 0.3) is 0 Å². The molecule has 1 aromatic rings. The molecule has 0 amide bonds. The molecule has 5 heteroatoms. The number of fused-ring (bicyclic) bond motifs is 1. The Hall–Kier alpha value is -1.20. The first-order valence-electron chi connectivity index (χ1n) is 8.37. The highest BCUT2D eigenvalue weighted by molar-refractivity contribution is 5.39. The summed E-state index contributed by atoms with van der Waals surface area (Å²) in [5.41, 5.74) is 1.05. The fraction of sp³-hybridized carbons (Fsp3) is 0.765. The Labute approximate surface area is 133 Å². The van der Waals surface area contributed by atoms with Crippen molar-refractivity contribution in [2.45, 2.75) is 52.2 Å². The molecule has 22 heavy (non-hydrogen) atoms. The van der Waals surface area contributed by atoms with E-state index in [0.29, 0.717) is 6.10 Å². The van der Waals surface area contributed by atoms with E-state index in [4.69, 9.17) is 9.47 Å². The van der Waals surface area contributed by atoms with Crippen molar-refractivity contribution >= 4 is 5.82 Å². The van der Waals surface area contributed by atoms with Crippen molar-refractivity contribution in [2.75, 3.05) is 31.2 Å². The molecular formula is C17H27N3O2. The molecule has 2 saturated heterocycles. The summed E-state index contributed by atoms with van der Waals surface area (Å²) >= 11 is 0. The first kappa shape index (κ1) is 15.7. The summed E-state index contributed by atoms with van der Waals surface area (Å²) in [7, 11) is 0. The number of rotatable bonds is 4. The summed E-state index contributed by atoms with van der Waals surface area (Å²) in [5, 5.41) is 8.56. The van der Waals surface area contributed by atoms with Crippen LogP contribution in [0.4, 0.5) is 5.82 Å². The van der Waals surface area contributed by atoms with Crippen molar-refractivity contribution in [3.63, 3.8) is 0 Å². The minimum absolute atomic E-state index is 0.0906. The average molecular weight is 305 g/mol. The number of ether oxygens (including phenoxy) is 2. The maximum absolute atomic E-state index is 6.08. The molecule has 0 unspecified atom stereocenters. The molecule has 0 bridgehead atoms. The van der Waals surface area contributed by atoms with Crippen LogP contribution in [-0.2, 0) is 9.47 Å². The predicted octanol–water partition coefficient (Wildman–Crippen LogP) is 2.59. The zero-order valence-corrected chi connectivity index (χ0v) is 13.9. The number of nitrogens with zero attached hydrogens (tertiary/aromatic N) is 3. The SMILES string of the molecule is Cc1ccc(N2CC[C@H]3OCCC[C@]3(COC(C)C)C2)nn1. The number of aromatic nitrogens is 2. The highest BCUT2D eigenvalue weighted by atomic mass is 16.5. The van der Waals surface area contributed by atoms with Gasteiger partial charge in [-0.25, -0.2) is 0 Å². The first-order valence-corrected chi connectivity index (χ1v) is 8.37. The van der Waals surface area contributed by atoms with Crippen molar-refractivity contribution in [3.05, 3.63) is 17.8 Å². The van der Waals surface area contributed by atoms with Crippen LogP contribution in [0.2, 0.25) is 0 Å². The zero-order valence-electron chi connectivity index (χ0n) is 13.9. The van der Waals surface area contributed by atoms with Crippen molar-refractivity contribution in [2.24, 2.45) is 5.41 Å². The van der Waals surface area contributed by atoms with Crippen molar-refractivity contribution in [3.8, 4) is 0 Å². The number of piperidine rings is 1. The lowest BCUT2D eigenvalue weighted by Crippen LogP contribution is -2.57. The Balaban J connectivity index is 1.78. The zero-order chi connectivity index (χ0) is 15.6. The van der Waals surface area contributed by atoms with E-state index in [9.17, 15) is 0 Å². The minimum atomic E-state index is 0.0906. The van der Waals surface area contributed by atoms with Crippen LogP contribution < -0.4 is 4.90 Å². The Morgan fingerprint density at radius 3 is 3.00 bits per heavy atom. The maximum atomic E-state index is 6.08. The van der Waals surface area contributed by atoms with Gasteiger partial charge in [0.15, 0.2) is 5.82 Å². The molecule has 0 saturated carbocycles. The van der Waals surface area contributed by atoms with Crippen LogP contribution in [0, 0.1) is 12.3 Å². The van der Waals surface area contributed by atoms with Gasteiger partial charge >= 0.3 is 0 Å². The first-order chi connectivity index (χ1) is 10.6. The van der Waals surface area contributed by atoms with Crippen LogP contribution in [-0.4, -0.2) is 48.7 Å². The van der Waals surface area contributed by atoms with E-state index >= 15 is 0 Å². The van der Waals surface area contributed by atoms with Crippen LogP contribution in [0.15, 0.2) is 12.1 Å². The molecule has 0 aromatic carbocycles. The molecule has 0 N–H and O–H groups in total. The minimum Gasteiger partial charge on any atom is -0.378 e. The number of hydrogen-bond donors (Lipinski definition) is 0. The van der Waals surface area contributed by atoms with Gasteiger partial charge in [-0.15, -0.1) is 5.10 Å². The summed E-state index contributed by atoms with van der Waals surface area (Å²) < 4.78 is 12.1. The molecule has 0 radical (unpaired) electrons. The standard InChI is InChI=1S/C17H27N3O2/c1-13(2)22-12-17-8-4-10-21-15(17)7-9-20(11-17)16-6-5-14(3)18-19-16/h5-6,13,15H,4,7-12H2,1-3H3/t15-,17-/m1/s1. The summed E-state index contributed by atoms with van der Waals surface area (Å²) in [6.07, 6.45) is 3.89. The third-order valence-electron chi connectivity index (χ3n) is 4.80. The predicted molar refractivity (Wildman–Crippen MR) is 86.1 cm³/mol. The maximum Gasteiger partial charge on any atom is 0.151 e. The highest BCUT2D eigenvalue weighted by Crippen LogP contribution is 2.41. The largest absolute Gasteiger partial charge is 0.378 e. The van der Waals surface area contributed by atoms with Gasteiger partial charge < -0.3 is 14.4 Å². The summed E-state index contributed by atoms with van der Waals surface area (Å²) in [4.78, 5) is 2.35. The lowest BCUT2D eigenvalue weighted by molar-refractivity contribution is -0.132. The average Bonchev–Trinajstić information content (AvgIpc) is 2.53. The normalized spacial score (nSPS) is 28.7. The van der Waals surface area contributed by atoms with E-state index in [0.717, 1.165) is 50.7 Å². The number of anilines is 1. The van der Waals surface area contributed by atoms with Gasteiger partial charge in [0.2, 0.25) is 0 Å². The molecule has 2 fully saturated rings. The number of aryl methyl sites for hydroxylation is 1. The molecule has 3 rings (SSSR count). The molecule has 2 aliphatic heterocycles. The third-order valence-corrected chi connectivity index (χ3v) is 4.80. The monoisotopic (exact) mass is 305 g/mol. The van der Waals surface area contributed by atoms with E-state index in [-0.39, 0.29) is 11.5 Å². The Morgan fingerprint density at radius 2 is 2.27 bits per heavy atom. The third kappa shape index (κ3) is 3.25. The smallest absolute Gasteiger partial charge is 0.151 e. The van der Waals surface area contributed by atoms with E-state index in [1.165, 1.54) is 6.42 Å². The molecule has 122 valence electrons. The number of hydrogen-bond acceptors (Lipinski definition) is 5. The lowest BCUT2D eigenvalue weighted by Gasteiger charge is -2.50. The fourth-order valence-corrected chi connectivity index (χ4v) is 3.59. The van der Waals surface area contributed by atoms with Gasteiger partial charge in [0.25, 0.3) is 0 Å². The molecule has 0 spiro atoms. The lowest BCUT2D eigenvalue weighted by atomic mass is 9.73. The second kappa shape index (κ2) is 6.50. The molecule has 1 aromatic heterocycles. The van der Waals surface area contributed by atoms with Crippen molar-refractivity contribution in [1.29, 1.82) is 0 Å². The molecule has 2 aliphatic rings. The van der Waals surface area contributed by atoms with Crippen LogP contribution in [0.1, 0.15) is 38.8 Å². The van der Waals surface area contributed by atoms with E-state index in [2.05, 4.69) is 35.0 Å². The Morgan fingerprint density at radius 1 is 1.41 bits per heavy atom. The van der Waals surface area contributed by atoms with Gasteiger partial charge in [-0.3, -0.25) is 0 Å². The summed E-state index contributed by atoms with van der Waals surface area (Å²) in [6.45, 7) is 9.75. The Bertz CT molecular complexity index is 491. The van der Waals surface area contributed by atoms with Crippen LogP contribution >= 0.6 is 0 Å². The van der Waals surface area contributed by atoms with Crippen molar-refractivity contribution in [1.82, 2.24) is 10.2 Å². The van der Waals surface area contributed by atoms with Crippen molar-refractivity contribution < 1.29 is 9.47 Å². The van der Waals surface area contributed by atoms with E-state index < -0.39 is 0 Å². The van der Waals surface area contributed by atoms with Gasteiger partial charge in [0, 0.05) is 25.1 Å². The van der Waals surface area contributed by atoms with Gasteiger partial charge in [-0.05, 0) is 52.2 Å². The fourth-order valence-electron chi connectivity index (χ4n) is 3.59. The van der Waals surface area contributed by atoms with Crippen LogP contribution in [0.5, 0.6) is 0 Å². The quantitative estimate of drug-likeness (QED) is 0.855. The van der Waals surface area contributed by atoms with E-state index in [1.807, 2.05) is 13.0 Å². The second-order valence-electron chi connectivity index (χ2n) is 6.93. The molecule has 3 heterocycles. The Kier molecular flexibility index (Phi) is 4.64. The highest BCUT2D eigenvalue weighted by Gasteiger charge is 2.46. The van der Waals surface area contributed by atoms with Gasteiger partial charge in [0.1, 0.15) is 0 Å². The summed E-state index contributed by atoms with van der Waals surface area (Å²) in [6, 6.07) is 4.10. The van der Waals surface area contributed by atoms with Gasteiger partial charge in [0.05, 0.1) is 24.5 Å². The summed E-state index contributed by atoms with van der Waals surface area (Å²) in [5.74, 6) is 0.971. The molecule has 2 atom stereocenters. The van der Waals surface area contributed by atoms with Gasteiger partial charge in [-0.2, -0.15) is 5.10 Å². The van der Waals surface area contributed by atoms with Crippen LogP contribution in [0.3, 0.4) is 0 Å². The molecule has 5 nitrogen and oxygen atoms in total. The topological polar surface area (TPSA) is 47.5 Å². The molecular weight excluding hydrogens is 278 g/mol. The second-order valence-corrected chi connectivity index (χ2v) is 6.93.